The maximum absolute atomic E-state index is 12.5. The molecule has 6 nitrogen and oxygen atoms in total. The molecule has 2 aliphatic heterocycles. The Hall–Kier alpha value is -1.57. The highest BCUT2D eigenvalue weighted by molar-refractivity contribution is 5.79. The van der Waals surface area contributed by atoms with Crippen molar-refractivity contribution in [3.63, 3.8) is 0 Å². The van der Waals surface area contributed by atoms with Gasteiger partial charge in [0.25, 0.3) is 0 Å². The summed E-state index contributed by atoms with van der Waals surface area (Å²) in [5.41, 5.74) is 1.14. The normalized spacial score (nSPS) is 25.4. The van der Waals surface area contributed by atoms with Gasteiger partial charge in [0.1, 0.15) is 5.78 Å². The standard InChI is InChI=1S/C25H36O6/c1-2-7-22-16-23(30-18-19-8-4-3-5-9-19)17-24(31-22)15-21(27)14-20(26)10-6-11-25-28-12-13-29-25/h2-5,8-9,20,22-26H,1,6-7,10-18H2/t20-,22-,23+,24+/m0/s1. The minimum atomic E-state index is -0.633. The fourth-order valence-electron chi connectivity index (χ4n) is 4.26. The Morgan fingerprint density at radius 2 is 1.94 bits per heavy atom. The summed E-state index contributed by atoms with van der Waals surface area (Å²) in [6, 6.07) is 10.1. The van der Waals surface area contributed by atoms with Gasteiger partial charge in [-0.05, 0) is 31.2 Å². The Labute approximate surface area is 185 Å². The molecule has 1 aromatic rings. The first-order valence-corrected chi connectivity index (χ1v) is 11.5. The van der Waals surface area contributed by atoms with Crippen LogP contribution in [0.2, 0.25) is 0 Å². The van der Waals surface area contributed by atoms with Gasteiger partial charge in [-0.25, -0.2) is 0 Å². The van der Waals surface area contributed by atoms with Crippen LogP contribution in [0.4, 0.5) is 0 Å². The van der Waals surface area contributed by atoms with E-state index in [4.69, 9.17) is 18.9 Å². The van der Waals surface area contributed by atoms with Crippen LogP contribution >= 0.6 is 0 Å². The monoisotopic (exact) mass is 432 g/mol. The van der Waals surface area contributed by atoms with Gasteiger partial charge in [-0.2, -0.15) is 0 Å². The van der Waals surface area contributed by atoms with Gasteiger partial charge in [-0.15, -0.1) is 6.58 Å². The molecule has 31 heavy (non-hydrogen) atoms. The number of Topliss-reactive ketones (excluding diaryl/α,β-unsaturated/α-hetero) is 1. The number of benzene rings is 1. The maximum atomic E-state index is 12.5. The fourth-order valence-corrected chi connectivity index (χ4v) is 4.26. The van der Waals surface area contributed by atoms with Crippen molar-refractivity contribution in [1.29, 1.82) is 0 Å². The number of aliphatic hydroxyl groups is 1. The van der Waals surface area contributed by atoms with E-state index < -0.39 is 6.10 Å². The minimum Gasteiger partial charge on any atom is -0.393 e. The highest BCUT2D eigenvalue weighted by Crippen LogP contribution is 2.27. The third kappa shape index (κ3) is 8.83. The van der Waals surface area contributed by atoms with Crippen molar-refractivity contribution in [2.45, 2.75) is 88.7 Å². The predicted octanol–water partition coefficient (Wildman–Crippen LogP) is 3.95. The molecule has 1 aromatic carbocycles. The number of hydrogen-bond donors (Lipinski definition) is 1. The van der Waals surface area contributed by atoms with Crippen molar-refractivity contribution in [3.8, 4) is 0 Å². The van der Waals surface area contributed by atoms with E-state index in [1.54, 1.807) is 0 Å². The lowest BCUT2D eigenvalue weighted by atomic mass is 9.94. The Balaban J connectivity index is 1.40. The van der Waals surface area contributed by atoms with Gasteiger partial charge >= 0.3 is 0 Å². The lowest BCUT2D eigenvalue weighted by Gasteiger charge is -2.35. The first-order chi connectivity index (χ1) is 15.1. The van der Waals surface area contributed by atoms with Gasteiger partial charge in [0.15, 0.2) is 6.29 Å². The van der Waals surface area contributed by atoms with Crippen LogP contribution in [0.3, 0.4) is 0 Å². The molecule has 0 aliphatic carbocycles. The smallest absolute Gasteiger partial charge is 0.157 e. The fraction of sp³-hybridized carbons (Fsp3) is 0.640. The van der Waals surface area contributed by atoms with Crippen LogP contribution in [0.1, 0.15) is 56.9 Å². The van der Waals surface area contributed by atoms with Crippen molar-refractivity contribution in [2.24, 2.45) is 0 Å². The summed E-state index contributed by atoms with van der Waals surface area (Å²) in [6.07, 6.45) is 5.75. The van der Waals surface area contributed by atoms with Gasteiger partial charge in [0.2, 0.25) is 0 Å². The number of ketones is 1. The number of aliphatic hydroxyl groups excluding tert-OH is 1. The molecule has 0 bridgehead atoms. The zero-order chi connectivity index (χ0) is 21.9. The Morgan fingerprint density at radius 3 is 2.68 bits per heavy atom. The average molecular weight is 433 g/mol. The second-order valence-corrected chi connectivity index (χ2v) is 8.50. The summed E-state index contributed by atoms with van der Waals surface area (Å²) in [7, 11) is 0. The van der Waals surface area contributed by atoms with E-state index in [9.17, 15) is 9.90 Å². The molecule has 2 aliphatic rings. The molecule has 172 valence electrons. The van der Waals surface area contributed by atoms with Crippen LogP contribution in [0, 0.1) is 0 Å². The number of carbonyl (C=O) groups excluding carboxylic acids is 1. The predicted molar refractivity (Wildman–Crippen MR) is 118 cm³/mol. The molecule has 2 heterocycles. The molecule has 0 radical (unpaired) electrons. The average Bonchev–Trinajstić information content (AvgIpc) is 3.26. The lowest BCUT2D eigenvalue weighted by Crippen LogP contribution is -2.38. The van der Waals surface area contributed by atoms with Crippen molar-refractivity contribution >= 4 is 5.78 Å². The SMILES string of the molecule is C=CC[C@H]1C[C@@H](OCc2ccccc2)C[C@@H](CC(=O)C[C@@H](O)CCCC2OCCO2)O1. The van der Waals surface area contributed by atoms with Crippen LogP contribution in [0.15, 0.2) is 43.0 Å². The first-order valence-electron chi connectivity index (χ1n) is 11.5. The van der Waals surface area contributed by atoms with Gasteiger partial charge in [0.05, 0.1) is 44.2 Å². The van der Waals surface area contributed by atoms with E-state index in [-0.39, 0.29) is 36.8 Å². The molecule has 6 heteroatoms. The molecule has 2 fully saturated rings. The Morgan fingerprint density at radius 1 is 1.19 bits per heavy atom. The molecule has 3 rings (SSSR count). The van der Waals surface area contributed by atoms with Crippen LogP contribution in [-0.4, -0.2) is 54.8 Å². The lowest BCUT2D eigenvalue weighted by molar-refractivity contribution is -0.137. The van der Waals surface area contributed by atoms with Crippen molar-refractivity contribution in [3.05, 3.63) is 48.6 Å². The van der Waals surface area contributed by atoms with E-state index in [0.717, 1.165) is 31.2 Å². The summed E-state index contributed by atoms with van der Waals surface area (Å²) in [5, 5.41) is 10.2. The number of carbonyl (C=O) groups is 1. The molecule has 0 saturated carbocycles. The van der Waals surface area contributed by atoms with Crippen molar-refractivity contribution < 1.29 is 28.8 Å². The van der Waals surface area contributed by atoms with Crippen LogP contribution < -0.4 is 0 Å². The molecule has 0 spiro atoms. The Kier molecular flexibility index (Phi) is 10.2. The highest BCUT2D eigenvalue weighted by atomic mass is 16.7. The second kappa shape index (κ2) is 13.1. The summed E-state index contributed by atoms with van der Waals surface area (Å²) < 4.78 is 23.1. The molecule has 4 atom stereocenters. The van der Waals surface area contributed by atoms with E-state index in [1.807, 2.05) is 36.4 Å². The number of hydrogen-bond acceptors (Lipinski definition) is 6. The van der Waals surface area contributed by atoms with Crippen LogP contribution in [-0.2, 0) is 30.3 Å². The van der Waals surface area contributed by atoms with Crippen molar-refractivity contribution in [2.75, 3.05) is 13.2 Å². The topological polar surface area (TPSA) is 74.2 Å². The third-order valence-corrected chi connectivity index (χ3v) is 5.78. The summed E-state index contributed by atoms with van der Waals surface area (Å²) in [4.78, 5) is 12.5. The summed E-state index contributed by atoms with van der Waals surface area (Å²) in [6.45, 7) is 5.64. The van der Waals surface area contributed by atoms with Crippen molar-refractivity contribution in [1.82, 2.24) is 0 Å². The largest absolute Gasteiger partial charge is 0.393 e. The minimum absolute atomic E-state index is 0.0150. The van der Waals surface area contributed by atoms with Gasteiger partial charge in [-0.1, -0.05) is 36.4 Å². The van der Waals surface area contributed by atoms with Gasteiger partial charge in [0, 0.05) is 25.7 Å². The molecule has 0 amide bonds. The zero-order valence-electron chi connectivity index (χ0n) is 18.3. The quantitative estimate of drug-likeness (QED) is 0.476. The third-order valence-electron chi connectivity index (χ3n) is 5.78. The summed E-state index contributed by atoms with van der Waals surface area (Å²) in [5.74, 6) is 0.0342. The number of ether oxygens (including phenoxy) is 4. The van der Waals surface area contributed by atoms with E-state index in [2.05, 4.69) is 6.58 Å². The molecule has 2 saturated heterocycles. The summed E-state index contributed by atoms with van der Waals surface area (Å²) >= 11 is 0. The molecular weight excluding hydrogens is 396 g/mol. The molecule has 1 N–H and O–H groups in total. The van der Waals surface area contributed by atoms with E-state index in [0.29, 0.717) is 39.1 Å². The Bertz CT molecular complexity index is 657. The number of rotatable bonds is 13. The van der Waals surface area contributed by atoms with E-state index in [1.165, 1.54) is 0 Å². The molecule has 0 aromatic heterocycles. The van der Waals surface area contributed by atoms with E-state index >= 15 is 0 Å². The van der Waals surface area contributed by atoms with Crippen LogP contribution in [0.25, 0.3) is 0 Å². The zero-order valence-corrected chi connectivity index (χ0v) is 18.3. The first kappa shape index (κ1) is 24.1. The highest BCUT2D eigenvalue weighted by Gasteiger charge is 2.31. The second-order valence-electron chi connectivity index (χ2n) is 8.50. The molecular formula is C25H36O6. The molecule has 0 unspecified atom stereocenters. The van der Waals surface area contributed by atoms with Gasteiger partial charge in [-0.3, -0.25) is 4.79 Å². The maximum Gasteiger partial charge on any atom is 0.157 e. The van der Waals surface area contributed by atoms with Crippen LogP contribution in [0.5, 0.6) is 0 Å². The van der Waals surface area contributed by atoms with Gasteiger partial charge < -0.3 is 24.1 Å².